The van der Waals surface area contributed by atoms with E-state index < -0.39 is 24.5 Å². The molecule has 1 amide bonds. The van der Waals surface area contributed by atoms with Gasteiger partial charge in [0.15, 0.2) is 0 Å². The zero-order chi connectivity index (χ0) is 8.43. The van der Waals surface area contributed by atoms with Crippen LogP contribution in [0.5, 0.6) is 0 Å². The summed E-state index contributed by atoms with van der Waals surface area (Å²) in [6, 6.07) is -0.539. The molecule has 2 atom stereocenters. The van der Waals surface area contributed by atoms with Crippen LogP contribution < -0.4 is 5.32 Å². The quantitative estimate of drug-likeness (QED) is 0.662. The lowest BCUT2D eigenvalue weighted by atomic mass is 10.0. The Kier molecular flexibility index (Phi) is 2.26. The Labute approximate surface area is 62.7 Å². The summed E-state index contributed by atoms with van der Waals surface area (Å²) in [5.41, 5.74) is 0. The summed E-state index contributed by atoms with van der Waals surface area (Å²) in [4.78, 5) is 10.4. The highest BCUT2D eigenvalue weighted by Crippen LogP contribution is 2.16. The molecule has 0 aromatic carbocycles. The van der Waals surface area contributed by atoms with Crippen molar-refractivity contribution in [3.63, 3.8) is 0 Å². The molecular formula is C6H9F2NO2. The summed E-state index contributed by atoms with van der Waals surface area (Å²) in [5.74, 6) is -0.846. The molecule has 0 aromatic heterocycles. The highest BCUT2D eigenvalue weighted by Gasteiger charge is 2.32. The van der Waals surface area contributed by atoms with Crippen LogP contribution in [-0.2, 0) is 4.74 Å². The molecule has 64 valence electrons. The molecule has 5 heteroatoms. The van der Waals surface area contributed by atoms with Crippen molar-refractivity contribution in [2.45, 2.75) is 19.4 Å². The molecule has 1 fully saturated rings. The molecule has 0 spiro atoms. The first kappa shape index (κ1) is 8.23. The molecule has 1 saturated heterocycles. The maximum absolute atomic E-state index is 12.0. The average Bonchev–Trinajstić information content (AvgIpc) is 2.34. The van der Waals surface area contributed by atoms with Gasteiger partial charge in [0.25, 0.3) is 0 Å². The Bertz CT molecular complexity index is 163. The second kappa shape index (κ2) is 3.02. The summed E-state index contributed by atoms with van der Waals surface area (Å²) in [5, 5.41) is 2.29. The Morgan fingerprint density at radius 3 is 2.73 bits per heavy atom. The van der Waals surface area contributed by atoms with Gasteiger partial charge in [-0.05, 0) is 0 Å². The highest BCUT2D eigenvalue weighted by atomic mass is 19.3. The number of hydrogen-bond donors (Lipinski definition) is 1. The minimum atomic E-state index is -2.41. The molecule has 3 nitrogen and oxygen atoms in total. The first-order chi connectivity index (χ1) is 5.11. The van der Waals surface area contributed by atoms with Gasteiger partial charge in [-0.3, -0.25) is 0 Å². The third-order valence-electron chi connectivity index (χ3n) is 1.73. The largest absolute Gasteiger partial charge is 0.447 e. The predicted molar refractivity (Wildman–Crippen MR) is 33.4 cm³/mol. The van der Waals surface area contributed by atoms with Crippen LogP contribution in [0, 0.1) is 5.92 Å². The summed E-state index contributed by atoms with van der Waals surface area (Å²) in [6.45, 7) is 1.43. The predicted octanol–water partition coefficient (Wildman–Crippen LogP) is 0.996. The van der Waals surface area contributed by atoms with Crippen LogP contribution in [0.15, 0.2) is 0 Å². The number of hydrogen-bond acceptors (Lipinski definition) is 2. The van der Waals surface area contributed by atoms with Crippen molar-refractivity contribution < 1.29 is 18.3 Å². The van der Waals surface area contributed by atoms with E-state index >= 15 is 0 Å². The van der Waals surface area contributed by atoms with E-state index in [1.165, 1.54) is 6.92 Å². The second-order valence-electron chi connectivity index (χ2n) is 2.54. The topological polar surface area (TPSA) is 38.3 Å². The number of amides is 1. The first-order valence-corrected chi connectivity index (χ1v) is 3.32. The lowest BCUT2D eigenvalue weighted by Gasteiger charge is -2.14. The van der Waals surface area contributed by atoms with E-state index in [1.54, 1.807) is 0 Å². The summed E-state index contributed by atoms with van der Waals surface area (Å²) >= 11 is 0. The lowest BCUT2D eigenvalue weighted by molar-refractivity contribution is 0.0655. The normalized spacial score (nSPS) is 26.5. The SMILES string of the molecule is CC(C(F)F)C1COC(=O)N1. The molecule has 1 aliphatic rings. The molecule has 11 heavy (non-hydrogen) atoms. The van der Waals surface area contributed by atoms with Gasteiger partial charge >= 0.3 is 6.09 Å². The van der Waals surface area contributed by atoms with Crippen LogP contribution in [-0.4, -0.2) is 25.2 Å². The van der Waals surface area contributed by atoms with Gasteiger partial charge in [-0.1, -0.05) is 6.92 Å². The summed E-state index contributed by atoms with van der Waals surface area (Å²) in [7, 11) is 0. The fourth-order valence-electron chi connectivity index (χ4n) is 0.859. The lowest BCUT2D eigenvalue weighted by Crippen LogP contribution is -2.36. The Balaban J connectivity index is 2.43. The number of alkyl carbamates (subject to hydrolysis) is 1. The monoisotopic (exact) mass is 165 g/mol. The molecule has 0 radical (unpaired) electrons. The van der Waals surface area contributed by atoms with Gasteiger partial charge in [0.05, 0.1) is 6.04 Å². The number of alkyl halides is 2. The van der Waals surface area contributed by atoms with E-state index in [0.717, 1.165) is 0 Å². The van der Waals surface area contributed by atoms with Gasteiger partial charge in [0.2, 0.25) is 6.43 Å². The molecule has 1 aliphatic heterocycles. The number of nitrogens with one attached hydrogen (secondary N) is 1. The number of ether oxygens (including phenoxy) is 1. The molecule has 2 unspecified atom stereocenters. The standard InChI is InChI=1S/C6H9F2NO2/c1-3(5(7)8)4-2-11-6(10)9-4/h3-5H,2H2,1H3,(H,9,10). The third-order valence-corrected chi connectivity index (χ3v) is 1.73. The molecule has 0 aliphatic carbocycles. The average molecular weight is 165 g/mol. The van der Waals surface area contributed by atoms with Crippen LogP contribution >= 0.6 is 0 Å². The second-order valence-corrected chi connectivity index (χ2v) is 2.54. The summed E-state index contributed by atoms with van der Waals surface area (Å²) in [6.07, 6.45) is -3.02. The summed E-state index contributed by atoms with van der Waals surface area (Å²) < 4.78 is 28.5. The first-order valence-electron chi connectivity index (χ1n) is 3.32. The molecular weight excluding hydrogens is 156 g/mol. The zero-order valence-corrected chi connectivity index (χ0v) is 6.01. The Morgan fingerprint density at radius 1 is 1.73 bits per heavy atom. The number of carbonyl (C=O) groups excluding carboxylic acids is 1. The van der Waals surface area contributed by atoms with E-state index in [2.05, 4.69) is 10.1 Å². The molecule has 0 aromatic rings. The van der Waals surface area contributed by atoms with E-state index in [9.17, 15) is 13.6 Å². The number of carbonyl (C=O) groups is 1. The smallest absolute Gasteiger partial charge is 0.407 e. The minimum absolute atomic E-state index is 0.0460. The maximum Gasteiger partial charge on any atom is 0.407 e. The van der Waals surface area contributed by atoms with Crippen LogP contribution in [0.2, 0.25) is 0 Å². The molecule has 0 saturated carbocycles. The number of halogens is 2. The van der Waals surface area contributed by atoms with E-state index in [4.69, 9.17) is 0 Å². The van der Waals surface area contributed by atoms with E-state index in [1.807, 2.05) is 0 Å². The van der Waals surface area contributed by atoms with Gasteiger partial charge < -0.3 is 10.1 Å². The highest BCUT2D eigenvalue weighted by molar-refractivity contribution is 5.69. The van der Waals surface area contributed by atoms with E-state index in [0.29, 0.717) is 0 Å². The molecule has 1 N–H and O–H groups in total. The van der Waals surface area contributed by atoms with Crippen molar-refractivity contribution in [2.75, 3.05) is 6.61 Å². The minimum Gasteiger partial charge on any atom is -0.447 e. The molecule has 1 rings (SSSR count). The van der Waals surface area contributed by atoms with Crippen molar-refractivity contribution >= 4 is 6.09 Å². The number of rotatable bonds is 2. The number of cyclic esters (lactones) is 1. The third kappa shape index (κ3) is 1.78. The van der Waals surface area contributed by atoms with Gasteiger partial charge in [-0.15, -0.1) is 0 Å². The van der Waals surface area contributed by atoms with Crippen molar-refractivity contribution in [1.29, 1.82) is 0 Å². The van der Waals surface area contributed by atoms with Gasteiger partial charge in [-0.25, -0.2) is 13.6 Å². The van der Waals surface area contributed by atoms with Crippen LogP contribution in [0.3, 0.4) is 0 Å². The van der Waals surface area contributed by atoms with Crippen molar-refractivity contribution in [3.05, 3.63) is 0 Å². The fraction of sp³-hybridized carbons (Fsp3) is 0.833. The van der Waals surface area contributed by atoms with Crippen molar-refractivity contribution in [3.8, 4) is 0 Å². The van der Waals surface area contributed by atoms with Crippen molar-refractivity contribution in [1.82, 2.24) is 5.32 Å². The van der Waals surface area contributed by atoms with Gasteiger partial charge in [-0.2, -0.15) is 0 Å². The fourth-order valence-corrected chi connectivity index (χ4v) is 0.859. The Morgan fingerprint density at radius 2 is 2.36 bits per heavy atom. The van der Waals surface area contributed by atoms with Crippen LogP contribution in [0.25, 0.3) is 0 Å². The molecule has 0 bridgehead atoms. The van der Waals surface area contributed by atoms with E-state index in [-0.39, 0.29) is 6.61 Å². The maximum atomic E-state index is 12.0. The van der Waals surface area contributed by atoms with Gasteiger partial charge in [0.1, 0.15) is 6.61 Å². The van der Waals surface area contributed by atoms with Crippen LogP contribution in [0.4, 0.5) is 13.6 Å². The zero-order valence-electron chi connectivity index (χ0n) is 6.01. The molecule has 1 heterocycles. The van der Waals surface area contributed by atoms with Crippen molar-refractivity contribution in [2.24, 2.45) is 5.92 Å². The Hall–Kier alpha value is -0.870. The van der Waals surface area contributed by atoms with Crippen LogP contribution in [0.1, 0.15) is 6.92 Å². The van der Waals surface area contributed by atoms with Gasteiger partial charge in [0, 0.05) is 5.92 Å².